The van der Waals surface area contributed by atoms with Crippen molar-refractivity contribution in [2.75, 3.05) is 26.0 Å². The molecule has 3 aromatic rings. The van der Waals surface area contributed by atoms with E-state index in [0.717, 1.165) is 10.6 Å². The highest BCUT2D eigenvalue weighted by atomic mass is 35.5. The van der Waals surface area contributed by atoms with Crippen LogP contribution < -0.4 is 4.74 Å². The zero-order valence-corrected chi connectivity index (χ0v) is 16.3. The van der Waals surface area contributed by atoms with Gasteiger partial charge in [-0.25, -0.2) is 0 Å². The summed E-state index contributed by atoms with van der Waals surface area (Å²) in [6.45, 7) is 0.879. The molecule has 26 heavy (non-hydrogen) atoms. The maximum atomic E-state index is 12.2. The van der Waals surface area contributed by atoms with Crippen molar-refractivity contribution >= 4 is 40.6 Å². The number of thiophene rings is 1. The number of rotatable bonds is 8. The van der Waals surface area contributed by atoms with E-state index in [1.165, 1.54) is 23.1 Å². The summed E-state index contributed by atoms with van der Waals surface area (Å²) < 4.78 is 11.1. The van der Waals surface area contributed by atoms with Gasteiger partial charge >= 0.3 is 0 Å². The lowest BCUT2D eigenvalue weighted by Crippen LogP contribution is -2.32. The standard InChI is InChI=1S/C17H16ClN3O3S2/c1-21(8-9-23-13-6-4-12(18)5-7-13)15(22)11-26-17-20-19-16(24-17)14-3-2-10-25-14/h2-7,10H,8-9,11H2,1H3. The van der Waals surface area contributed by atoms with Crippen LogP contribution in [0.1, 0.15) is 0 Å². The summed E-state index contributed by atoms with van der Waals surface area (Å²) in [6, 6.07) is 10.9. The van der Waals surface area contributed by atoms with Crippen LogP contribution in [0.5, 0.6) is 5.75 Å². The molecule has 0 atom stereocenters. The van der Waals surface area contributed by atoms with Crippen LogP contribution in [-0.2, 0) is 4.79 Å². The molecule has 1 amide bonds. The predicted octanol–water partition coefficient (Wildman–Crippen LogP) is 4.08. The van der Waals surface area contributed by atoms with E-state index < -0.39 is 0 Å². The third kappa shape index (κ3) is 5.23. The Balaban J connectivity index is 1.40. The summed E-state index contributed by atoms with van der Waals surface area (Å²) in [4.78, 5) is 14.7. The van der Waals surface area contributed by atoms with E-state index in [1.807, 2.05) is 17.5 Å². The SMILES string of the molecule is CN(CCOc1ccc(Cl)cc1)C(=O)CSc1nnc(-c2cccs2)o1. The molecule has 0 aliphatic carbocycles. The number of carbonyl (C=O) groups excluding carboxylic acids is 1. The van der Waals surface area contributed by atoms with Crippen molar-refractivity contribution in [3.63, 3.8) is 0 Å². The summed E-state index contributed by atoms with van der Waals surface area (Å²) >= 11 is 8.57. The van der Waals surface area contributed by atoms with Crippen molar-refractivity contribution in [1.82, 2.24) is 15.1 Å². The minimum absolute atomic E-state index is 0.0365. The van der Waals surface area contributed by atoms with E-state index in [1.54, 1.807) is 36.2 Å². The molecule has 0 saturated carbocycles. The van der Waals surface area contributed by atoms with Gasteiger partial charge in [0.25, 0.3) is 11.1 Å². The van der Waals surface area contributed by atoms with Gasteiger partial charge in [-0.3, -0.25) is 4.79 Å². The number of benzene rings is 1. The molecule has 2 heterocycles. The first kappa shape index (κ1) is 18.8. The smallest absolute Gasteiger partial charge is 0.277 e. The lowest BCUT2D eigenvalue weighted by atomic mass is 10.3. The van der Waals surface area contributed by atoms with Crippen LogP contribution in [0.3, 0.4) is 0 Å². The fourth-order valence-electron chi connectivity index (χ4n) is 1.96. The van der Waals surface area contributed by atoms with Crippen molar-refractivity contribution in [1.29, 1.82) is 0 Å². The van der Waals surface area contributed by atoms with Gasteiger partial charge in [0.05, 0.1) is 17.2 Å². The molecule has 0 N–H and O–H groups in total. The van der Waals surface area contributed by atoms with Crippen LogP contribution in [0.4, 0.5) is 0 Å². The Labute approximate surface area is 164 Å². The molecule has 136 valence electrons. The average molecular weight is 410 g/mol. The third-order valence-electron chi connectivity index (χ3n) is 3.39. The lowest BCUT2D eigenvalue weighted by Gasteiger charge is -2.16. The van der Waals surface area contributed by atoms with Crippen LogP contribution in [-0.4, -0.2) is 47.0 Å². The minimum atomic E-state index is -0.0365. The first-order valence-electron chi connectivity index (χ1n) is 7.74. The molecule has 0 unspecified atom stereocenters. The van der Waals surface area contributed by atoms with Gasteiger partial charge in [-0.05, 0) is 35.7 Å². The molecule has 6 nitrogen and oxygen atoms in total. The molecule has 2 aromatic heterocycles. The fourth-order valence-corrected chi connectivity index (χ4v) is 3.43. The summed E-state index contributed by atoms with van der Waals surface area (Å²) in [6.07, 6.45) is 0. The van der Waals surface area contributed by atoms with Gasteiger partial charge in [-0.1, -0.05) is 29.4 Å². The first-order valence-corrected chi connectivity index (χ1v) is 9.98. The number of aromatic nitrogens is 2. The Hall–Kier alpha value is -2.03. The van der Waals surface area contributed by atoms with Crippen LogP contribution in [0, 0.1) is 0 Å². The normalized spacial score (nSPS) is 10.7. The Morgan fingerprint density at radius 1 is 1.31 bits per heavy atom. The van der Waals surface area contributed by atoms with E-state index in [4.69, 9.17) is 20.8 Å². The summed E-state index contributed by atoms with van der Waals surface area (Å²) in [5.74, 6) is 1.38. The molecule has 1 aromatic carbocycles. The van der Waals surface area contributed by atoms with E-state index in [-0.39, 0.29) is 11.7 Å². The van der Waals surface area contributed by atoms with Crippen molar-refractivity contribution < 1.29 is 13.9 Å². The minimum Gasteiger partial charge on any atom is -0.492 e. The molecule has 0 radical (unpaired) electrons. The number of likely N-dealkylation sites (N-methyl/N-ethyl adjacent to an activating group) is 1. The largest absolute Gasteiger partial charge is 0.492 e. The molecule has 0 aliphatic heterocycles. The molecular formula is C17H16ClN3O3S2. The Bertz CT molecular complexity index is 837. The molecular weight excluding hydrogens is 394 g/mol. The van der Waals surface area contributed by atoms with Gasteiger partial charge in [0, 0.05) is 12.1 Å². The second kappa shape index (κ2) is 9.07. The number of ether oxygens (including phenoxy) is 1. The highest BCUT2D eigenvalue weighted by Crippen LogP contribution is 2.26. The number of hydrogen-bond acceptors (Lipinski definition) is 7. The van der Waals surface area contributed by atoms with E-state index >= 15 is 0 Å². The van der Waals surface area contributed by atoms with Crippen molar-refractivity contribution in [2.45, 2.75) is 5.22 Å². The van der Waals surface area contributed by atoms with E-state index in [2.05, 4.69) is 10.2 Å². The zero-order valence-electron chi connectivity index (χ0n) is 13.9. The van der Waals surface area contributed by atoms with Crippen molar-refractivity contribution in [3.8, 4) is 16.5 Å². The van der Waals surface area contributed by atoms with E-state index in [0.29, 0.717) is 29.3 Å². The zero-order chi connectivity index (χ0) is 18.4. The predicted molar refractivity (Wildman–Crippen MR) is 103 cm³/mol. The number of amides is 1. The quantitative estimate of drug-likeness (QED) is 0.522. The fraction of sp³-hybridized carbons (Fsp3) is 0.235. The molecule has 0 aliphatic rings. The van der Waals surface area contributed by atoms with Gasteiger partial charge in [-0.2, -0.15) is 0 Å². The van der Waals surface area contributed by atoms with Crippen molar-refractivity contribution in [3.05, 3.63) is 46.8 Å². The number of hydrogen-bond donors (Lipinski definition) is 0. The number of nitrogens with zero attached hydrogens (tertiary/aromatic N) is 3. The maximum absolute atomic E-state index is 12.2. The lowest BCUT2D eigenvalue weighted by molar-refractivity contribution is -0.127. The topological polar surface area (TPSA) is 68.5 Å². The number of halogens is 1. The second-order valence-electron chi connectivity index (χ2n) is 5.26. The Morgan fingerprint density at radius 2 is 2.12 bits per heavy atom. The van der Waals surface area contributed by atoms with Gasteiger partial charge in [0.15, 0.2) is 0 Å². The molecule has 0 saturated heterocycles. The van der Waals surface area contributed by atoms with Gasteiger partial charge in [0.1, 0.15) is 12.4 Å². The average Bonchev–Trinajstić information content (AvgIpc) is 3.32. The summed E-state index contributed by atoms with van der Waals surface area (Å²) in [5.41, 5.74) is 0. The summed E-state index contributed by atoms with van der Waals surface area (Å²) in [7, 11) is 1.74. The van der Waals surface area contributed by atoms with Gasteiger partial charge in [-0.15, -0.1) is 21.5 Å². The summed E-state index contributed by atoms with van der Waals surface area (Å²) in [5, 5.41) is 10.9. The molecule has 0 spiro atoms. The molecule has 0 fully saturated rings. The Kier molecular flexibility index (Phi) is 6.54. The van der Waals surface area contributed by atoms with Crippen LogP contribution >= 0.6 is 34.7 Å². The van der Waals surface area contributed by atoms with Crippen LogP contribution in [0.2, 0.25) is 5.02 Å². The van der Waals surface area contributed by atoms with Gasteiger partial charge < -0.3 is 14.1 Å². The molecule has 9 heteroatoms. The third-order valence-corrected chi connectivity index (χ3v) is 5.31. The number of thioether (sulfide) groups is 1. The highest BCUT2D eigenvalue weighted by molar-refractivity contribution is 7.99. The van der Waals surface area contributed by atoms with Crippen LogP contribution in [0.25, 0.3) is 10.8 Å². The maximum Gasteiger partial charge on any atom is 0.277 e. The molecule has 3 rings (SSSR count). The van der Waals surface area contributed by atoms with Crippen LogP contribution in [0.15, 0.2) is 51.4 Å². The van der Waals surface area contributed by atoms with E-state index in [9.17, 15) is 4.79 Å². The highest BCUT2D eigenvalue weighted by Gasteiger charge is 2.14. The van der Waals surface area contributed by atoms with Crippen molar-refractivity contribution in [2.24, 2.45) is 0 Å². The Morgan fingerprint density at radius 3 is 2.85 bits per heavy atom. The second-order valence-corrected chi connectivity index (χ2v) is 7.57. The first-order chi connectivity index (χ1) is 12.6. The monoisotopic (exact) mass is 409 g/mol. The molecule has 0 bridgehead atoms. The number of carbonyl (C=O) groups is 1. The van der Waals surface area contributed by atoms with Gasteiger partial charge in [0.2, 0.25) is 5.91 Å².